The Morgan fingerprint density at radius 2 is 0.872 bits per heavy atom. The number of amides is 2. The second kappa shape index (κ2) is 30.5. The van der Waals surface area contributed by atoms with Crippen LogP contribution >= 0.6 is 23.2 Å². The van der Waals surface area contributed by atoms with Crippen LogP contribution < -0.4 is 25.9 Å². The van der Waals surface area contributed by atoms with Gasteiger partial charge < -0.3 is 35.6 Å². The molecule has 2 radical (unpaired) electrons. The van der Waals surface area contributed by atoms with Gasteiger partial charge in [-0.05, 0) is 71.2 Å². The van der Waals surface area contributed by atoms with Crippen molar-refractivity contribution >= 4 is 80.2 Å². The van der Waals surface area contributed by atoms with E-state index in [9.17, 15) is 33.0 Å². The summed E-state index contributed by atoms with van der Waals surface area (Å²) in [6, 6.07) is 23.8. The fraction of sp³-hybridized carbons (Fsp3) is 0.471. The molecule has 5 heterocycles. The van der Waals surface area contributed by atoms with Gasteiger partial charge in [0.15, 0.2) is 21.8 Å². The number of aromatic nitrogens is 6. The summed E-state index contributed by atoms with van der Waals surface area (Å²) in [5, 5.41) is 40.8. The minimum absolute atomic E-state index is 0. The first-order chi connectivity index (χ1) is 35.0. The maximum atomic E-state index is 12.8. The average molecular weight is 1230 g/mol. The van der Waals surface area contributed by atoms with E-state index in [0.717, 1.165) is 0 Å². The first-order valence-electron chi connectivity index (χ1n) is 23.5. The Morgan fingerprint density at radius 3 is 1.19 bits per heavy atom. The van der Waals surface area contributed by atoms with Crippen LogP contribution in [0.15, 0.2) is 88.8 Å². The summed E-state index contributed by atoms with van der Waals surface area (Å²) in [4.78, 5) is 57.4. The molecule has 5 rings (SSSR count). The zero-order chi connectivity index (χ0) is 57.5. The molecule has 27 heteroatoms. The second-order valence-electron chi connectivity index (χ2n) is 21.4. The third-order valence-electron chi connectivity index (χ3n) is 10.00. The van der Waals surface area contributed by atoms with Crippen LogP contribution in [0, 0.1) is 21.7 Å². The molecule has 0 aliphatic heterocycles. The summed E-state index contributed by atoms with van der Waals surface area (Å²) in [6.45, 7) is 24.2. The number of hydrogen-bond donors (Lipinski definition) is 2. The van der Waals surface area contributed by atoms with Gasteiger partial charge in [-0.15, -0.1) is 28.9 Å². The van der Waals surface area contributed by atoms with E-state index in [1.807, 2.05) is 138 Å². The minimum atomic E-state index is -6.09. The number of alkyl halides is 5. The van der Waals surface area contributed by atoms with E-state index in [1.54, 1.807) is 24.3 Å². The number of nitrogens with one attached hydrogen (secondary N) is 2. The Balaban J connectivity index is 0.00000212. The summed E-state index contributed by atoms with van der Waals surface area (Å²) in [6.07, 6.45) is 0. The number of halogens is 5. The van der Waals surface area contributed by atoms with E-state index in [2.05, 4.69) is 40.6 Å². The monoisotopic (exact) mass is 1230 g/mol. The molecule has 0 unspecified atom stereocenters. The molecular weight excluding hydrogens is 1160 g/mol. The number of nitrogens with zero attached hydrogens (tertiary/aromatic N) is 10. The molecule has 19 nitrogen and oxygen atoms in total. The molecule has 0 aliphatic rings. The molecule has 0 spiro atoms. The number of pyridine rings is 4. The maximum Gasteiger partial charge on any atom is 3.00 e. The van der Waals surface area contributed by atoms with Gasteiger partial charge in [0.25, 0.3) is 0 Å². The van der Waals surface area contributed by atoms with Crippen LogP contribution in [-0.2, 0) is 93.1 Å². The molecule has 0 fully saturated rings. The SMILES string of the molecule is CC(C)(C)C(=O)Nc1cccc(CN(Cc2cc(CN(Cc3cccc(/N=C(\[O-])C(C)(C)C)n3)Cc3cccc(NC(=O)C(C)(C)C)n3)[n-]n2)Cc2cccc(/N=C(\[O-])C(C)(C)C)n2)n1.ClCCl.O=S(=O)([O-])C(F)(F)F.[Fe+3].[Fe+3]. The standard InChI is InChI=1S/C49H66N12O4.CH2Cl2.CHF3O3S.2Fe/c1-46(2,3)42(62)54-38-21-13-17-32(50-38)26-60(27-33-18-14-22-39(51-33)55-43(63)47(4,5)6)30-36-25-37(59-58-36)31-61(28-34-19-15-23-40(52-34)56-44(64)48(7,8)9)29-35-20-16-24-41(53-35)57-45(65)49(10,11)12;2-1-3;2-1(3,4)8(5,6)7;;/h13-25H,26-31H2,1-12H3,(H5,50,51,52,53,54,55,56,57,58,59,62,63,64,65);1H2;(H,5,6,7);;/q;;;2*+3/p-4. The third-order valence-corrected chi connectivity index (χ3v) is 10.6. The van der Waals surface area contributed by atoms with Crippen molar-refractivity contribution in [2.45, 2.75) is 128 Å². The molecule has 78 heavy (non-hydrogen) atoms. The fourth-order valence-corrected chi connectivity index (χ4v) is 5.90. The Hall–Kier alpha value is -5.07. The third kappa shape index (κ3) is 25.4. The summed E-state index contributed by atoms with van der Waals surface area (Å²) >= 11 is 9.53. The van der Waals surface area contributed by atoms with Gasteiger partial charge in [0, 0.05) is 55.8 Å². The smallest absolute Gasteiger partial charge is 0.861 e. The van der Waals surface area contributed by atoms with Crippen LogP contribution in [0.5, 0.6) is 0 Å². The van der Waals surface area contributed by atoms with E-state index < -0.39 is 37.3 Å². The Kier molecular flexibility index (Phi) is 27.7. The van der Waals surface area contributed by atoms with Crippen LogP contribution in [0.2, 0.25) is 0 Å². The number of aliphatic imine (C=N–C) groups is 2. The molecule has 0 saturated carbocycles. The van der Waals surface area contributed by atoms with E-state index in [1.165, 1.54) is 0 Å². The Labute approximate surface area is 485 Å². The summed E-state index contributed by atoms with van der Waals surface area (Å²) in [5.41, 5.74) is -3.95. The predicted octanol–water partition coefficient (Wildman–Crippen LogP) is 8.33. The number of anilines is 2. The van der Waals surface area contributed by atoms with Gasteiger partial charge in [-0.3, -0.25) is 19.4 Å². The van der Waals surface area contributed by atoms with E-state index in [0.29, 0.717) is 96.7 Å². The predicted molar refractivity (Wildman–Crippen MR) is 282 cm³/mol. The first kappa shape index (κ1) is 70.9. The number of carbonyl (C=O) groups excluding carboxylic acids is 2. The zero-order valence-corrected chi connectivity index (χ0v) is 49.8. The molecule has 0 aliphatic carbocycles. The molecule has 0 aromatic carbocycles. The molecule has 2 N–H and O–H groups in total. The summed E-state index contributed by atoms with van der Waals surface area (Å²) in [7, 11) is -6.09. The van der Waals surface area contributed by atoms with Crippen molar-refractivity contribution in [3.05, 3.63) is 113 Å². The first-order valence-corrected chi connectivity index (χ1v) is 26.0. The van der Waals surface area contributed by atoms with E-state index >= 15 is 0 Å². The zero-order valence-electron chi connectivity index (χ0n) is 45.3. The van der Waals surface area contributed by atoms with E-state index in [-0.39, 0.29) is 63.1 Å². The van der Waals surface area contributed by atoms with Crippen LogP contribution in [0.3, 0.4) is 0 Å². The van der Waals surface area contributed by atoms with Gasteiger partial charge in [0.1, 0.15) is 11.6 Å². The Bertz CT molecular complexity index is 2740. The molecule has 5 aromatic heterocycles. The van der Waals surface area contributed by atoms with Gasteiger partial charge in [-0.25, -0.2) is 38.3 Å². The molecule has 426 valence electrons. The molecular formula is C51H65Cl2F3Fe2N12O7S+2. The average Bonchev–Trinajstić information content (AvgIpc) is 3.71. The van der Waals surface area contributed by atoms with Crippen molar-refractivity contribution < 1.29 is 80.1 Å². The van der Waals surface area contributed by atoms with Crippen molar-refractivity contribution in [1.29, 1.82) is 0 Å². The molecule has 0 bridgehead atoms. The number of rotatable bonds is 16. The van der Waals surface area contributed by atoms with Crippen LogP contribution in [0.4, 0.5) is 36.4 Å². The fourth-order valence-electron chi connectivity index (χ4n) is 5.90. The molecule has 2 amide bonds. The quantitative estimate of drug-likeness (QED) is 0.0235. The van der Waals surface area contributed by atoms with Crippen molar-refractivity contribution in [3.8, 4) is 0 Å². The second-order valence-corrected chi connectivity index (χ2v) is 23.5. The van der Waals surface area contributed by atoms with Gasteiger partial charge in [-0.2, -0.15) is 13.2 Å². The van der Waals surface area contributed by atoms with Crippen LogP contribution in [0.1, 0.15) is 117 Å². The van der Waals surface area contributed by atoms with Crippen molar-refractivity contribution in [2.75, 3.05) is 16.0 Å². The molecule has 0 saturated heterocycles. The van der Waals surface area contributed by atoms with E-state index in [4.69, 9.17) is 56.1 Å². The molecule has 0 atom stereocenters. The van der Waals surface area contributed by atoms with Crippen LogP contribution in [-0.4, -0.2) is 82.3 Å². The van der Waals surface area contributed by atoms with Gasteiger partial charge in [0.05, 0.1) is 28.1 Å². The van der Waals surface area contributed by atoms with Crippen molar-refractivity contribution in [2.24, 2.45) is 31.6 Å². The largest absolute Gasteiger partial charge is 3.00 e. The number of hydrogen-bond acceptors (Lipinski definition) is 16. The maximum absolute atomic E-state index is 12.8. The molecule has 5 aromatic rings. The van der Waals surface area contributed by atoms with Gasteiger partial charge in [0.2, 0.25) is 11.8 Å². The summed E-state index contributed by atoms with van der Waals surface area (Å²) < 4.78 is 58.9. The van der Waals surface area contributed by atoms with Crippen molar-refractivity contribution in [1.82, 2.24) is 39.9 Å². The normalized spacial score (nSPS) is 12.6. The Morgan fingerprint density at radius 1 is 0.564 bits per heavy atom. The summed E-state index contributed by atoms with van der Waals surface area (Å²) in [5.74, 6) is 0.723. The van der Waals surface area contributed by atoms with Gasteiger partial charge in [-0.1, -0.05) is 113 Å². The van der Waals surface area contributed by atoms with Crippen molar-refractivity contribution in [3.63, 3.8) is 0 Å². The van der Waals surface area contributed by atoms with Gasteiger partial charge >= 0.3 is 39.6 Å². The van der Waals surface area contributed by atoms with Crippen LogP contribution in [0.25, 0.3) is 0 Å². The minimum Gasteiger partial charge on any atom is -0.861 e. The number of carbonyl (C=O) groups is 2. The topological polar surface area (TPSA) is 271 Å².